The quantitative estimate of drug-likeness (QED) is 0.500. The highest BCUT2D eigenvalue weighted by atomic mass is 35.5. The van der Waals surface area contributed by atoms with E-state index in [0.29, 0.717) is 33.1 Å². The highest BCUT2D eigenvalue weighted by Crippen LogP contribution is 2.43. The Labute approximate surface area is 184 Å². The maximum absolute atomic E-state index is 13.3. The van der Waals surface area contributed by atoms with E-state index in [1.807, 2.05) is 16.9 Å². The summed E-state index contributed by atoms with van der Waals surface area (Å²) in [5.41, 5.74) is 1.60. The van der Waals surface area contributed by atoms with Crippen molar-refractivity contribution in [3.63, 3.8) is 0 Å². The number of aliphatic hydroxyl groups excluding tert-OH is 1. The molecule has 0 spiro atoms. The number of thiazole rings is 1. The number of fused-ring (bicyclic) bond motifs is 3. The summed E-state index contributed by atoms with van der Waals surface area (Å²) in [6.07, 6.45) is -1.32. The van der Waals surface area contributed by atoms with E-state index in [4.69, 9.17) is 20.8 Å². The Morgan fingerprint density at radius 1 is 1.29 bits per heavy atom. The van der Waals surface area contributed by atoms with Crippen LogP contribution in [0, 0.1) is 6.92 Å². The smallest absolute Gasteiger partial charge is 0.331 e. The van der Waals surface area contributed by atoms with Crippen molar-refractivity contribution in [2.24, 2.45) is 14.1 Å². The fourth-order valence-corrected chi connectivity index (χ4v) is 5.16. The van der Waals surface area contributed by atoms with E-state index in [9.17, 15) is 14.7 Å². The third-order valence-electron chi connectivity index (χ3n) is 5.55. The molecular weight excluding hydrogens is 444 g/mol. The van der Waals surface area contributed by atoms with Gasteiger partial charge in [0.05, 0.1) is 41.5 Å². The first kappa shape index (κ1) is 20.3. The molecule has 162 valence electrons. The van der Waals surface area contributed by atoms with Gasteiger partial charge in [0, 0.05) is 25.2 Å². The molecule has 1 aliphatic rings. The van der Waals surface area contributed by atoms with E-state index in [2.05, 4.69) is 4.98 Å². The van der Waals surface area contributed by atoms with Gasteiger partial charge >= 0.3 is 5.69 Å². The van der Waals surface area contributed by atoms with Crippen LogP contribution in [-0.2, 0) is 25.4 Å². The van der Waals surface area contributed by atoms with Crippen LogP contribution in [0.5, 0.6) is 0 Å². The van der Waals surface area contributed by atoms with Gasteiger partial charge in [-0.25, -0.2) is 9.78 Å². The van der Waals surface area contributed by atoms with Crippen LogP contribution in [0.4, 0.5) is 0 Å². The number of hydrogen-bond donors (Lipinski definition) is 1. The molecule has 0 bridgehead atoms. The van der Waals surface area contributed by atoms with Crippen LogP contribution < -0.4 is 11.2 Å². The predicted molar refractivity (Wildman–Crippen MR) is 116 cm³/mol. The topological polar surface area (TPSA) is 104 Å². The third-order valence-corrected chi connectivity index (χ3v) is 6.72. The van der Waals surface area contributed by atoms with Crippen molar-refractivity contribution in [2.45, 2.75) is 25.7 Å². The van der Waals surface area contributed by atoms with Crippen LogP contribution in [0.25, 0.3) is 21.6 Å². The zero-order valence-electron chi connectivity index (χ0n) is 17.0. The number of nitrogens with zero attached hydrogens (tertiary/aromatic N) is 4. The SMILES string of the molecule is Cc1csc(-c2c3c(=O)n(C)c(=O)n(C)c3c3n2C[C@H](CO)O[C@H]3c2ccc(Cl)o2)n1. The van der Waals surface area contributed by atoms with E-state index < -0.39 is 23.5 Å². The van der Waals surface area contributed by atoms with Gasteiger partial charge in [0.1, 0.15) is 10.8 Å². The molecule has 4 aromatic heterocycles. The van der Waals surface area contributed by atoms with Gasteiger partial charge in [-0.05, 0) is 30.7 Å². The molecule has 0 unspecified atom stereocenters. The van der Waals surface area contributed by atoms with Gasteiger partial charge in [0.25, 0.3) is 5.56 Å². The Hall–Kier alpha value is -2.66. The first-order valence-electron chi connectivity index (χ1n) is 9.58. The number of rotatable bonds is 3. The lowest BCUT2D eigenvalue weighted by molar-refractivity contribution is -0.0589. The minimum atomic E-state index is -0.770. The standard InChI is InChI=1S/C20H19ClN4O5S/c1-9-8-31-18(22-9)15-13-14(23(2)20(28)24(3)19(13)27)16-17(11-4-5-12(21)30-11)29-10(7-26)6-25(15)16/h4-5,8,10,17,26H,6-7H2,1-3H3/t10-,17+/m1/s1. The molecule has 4 aromatic rings. The number of halogens is 1. The van der Waals surface area contributed by atoms with E-state index in [1.165, 1.54) is 23.0 Å². The minimum absolute atomic E-state index is 0.188. The van der Waals surface area contributed by atoms with Crippen molar-refractivity contribution in [1.82, 2.24) is 18.7 Å². The molecule has 1 N–H and O–H groups in total. The molecule has 5 heterocycles. The highest BCUT2D eigenvalue weighted by molar-refractivity contribution is 7.13. The lowest BCUT2D eigenvalue weighted by atomic mass is 10.1. The van der Waals surface area contributed by atoms with Gasteiger partial charge in [-0.15, -0.1) is 11.3 Å². The van der Waals surface area contributed by atoms with E-state index in [1.54, 1.807) is 19.2 Å². The number of aryl methyl sites for hydroxylation is 2. The number of aromatic nitrogens is 4. The third kappa shape index (κ3) is 2.93. The number of furan rings is 1. The first-order chi connectivity index (χ1) is 14.8. The molecular formula is C20H19ClN4O5S. The Bertz CT molecular complexity index is 1440. The number of ether oxygens (including phenoxy) is 1. The molecule has 0 saturated heterocycles. The normalized spacial score (nSPS) is 18.6. The van der Waals surface area contributed by atoms with Crippen molar-refractivity contribution < 1.29 is 14.3 Å². The maximum Gasteiger partial charge on any atom is 0.331 e. The fraction of sp³-hybridized carbons (Fsp3) is 0.350. The van der Waals surface area contributed by atoms with Gasteiger partial charge in [-0.3, -0.25) is 13.9 Å². The van der Waals surface area contributed by atoms with Crippen LogP contribution in [-0.4, -0.2) is 36.5 Å². The summed E-state index contributed by atoms with van der Waals surface area (Å²) in [7, 11) is 3.07. The monoisotopic (exact) mass is 462 g/mol. The lowest BCUT2D eigenvalue weighted by Crippen LogP contribution is -2.37. The molecule has 31 heavy (non-hydrogen) atoms. The summed E-state index contributed by atoms with van der Waals surface area (Å²) in [4.78, 5) is 30.7. The van der Waals surface area contributed by atoms with Crippen LogP contribution in [0.3, 0.4) is 0 Å². The van der Waals surface area contributed by atoms with Crippen LogP contribution >= 0.6 is 22.9 Å². The predicted octanol–water partition coefficient (Wildman–Crippen LogP) is 2.20. The molecule has 11 heteroatoms. The van der Waals surface area contributed by atoms with Crippen LogP contribution in [0.15, 0.2) is 31.5 Å². The Balaban J connectivity index is 1.96. The van der Waals surface area contributed by atoms with Gasteiger partial charge in [-0.1, -0.05) is 0 Å². The zero-order chi connectivity index (χ0) is 22.0. The second kappa shape index (κ2) is 7.20. The summed E-state index contributed by atoms with van der Waals surface area (Å²) >= 11 is 7.42. The Kier molecular flexibility index (Phi) is 4.70. The fourth-order valence-electron chi connectivity index (χ4n) is 4.16. The zero-order valence-corrected chi connectivity index (χ0v) is 18.5. The molecule has 0 fully saturated rings. The van der Waals surface area contributed by atoms with Crippen LogP contribution in [0.1, 0.15) is 23.3 Å². The molecule has 0 aliphatic carbocycles. The van der Waals surface area contributed by atoms with Crippen molar-refractivity contribution in [3.05, 3.63) is 60.7 Å². The molecule has 0 radical (unpaired) electrons. The second-order valence-corrected chi connectivity index (χ2v) is 8.76. The van der Waals surface area contributed by atoms with E-state index in [-0.39, 0.29) is 18.4 Å². The average molecular weight is 463 g/mol. The maximum atomic E-state index is 13.3. The Morgan fingerprint density at radius 3 is 2.68 bits per heavy atom. The molecule has 1 aliphatic heterocycles. The number of aliphatic hydroxyl groups is 1. The van der Waals surface area contributed by atoms with Crippen molar-refractivity contribution in [3.8, 4) is 10.7 Å². The van der Waals surface area contributed by atoms with E-state index in [0.717, 1.165) is 10.3 Å². The first-order valence-corrected chi connectivity index (χ1v) is 10.8. The summed E-state index contributed by atoms with van der Waals surface area (Å²) in [5, 5.41) is 13.0. The Morgan fingerprint density at radius 2 is 2.06 bits per heavy atom. The molecule has 0 saturated carbocycles. The van der Waals surface area contributed by atoms with Gasteiger partial charge in [-0.2, -0.15) is 0 Å². The summed E-state index contributed by atoms with van der Waals surface area (Å²) in [6.45, 7) is 1.94. The van der Waals surface area contributed by atoms with Crippen molar-refractivity contribution in [1.29, 1.82) is 0 Å². The molecule has 9 nitrogen and oxygen atoms in total. The molecule has 0 aromatic carbocycles. The molecule has 2 atom stereocenters. The minimum Gasteiger partial charge on any atom is -0.446 e. The van der Waals surface area contributed by atoms with E-state index >= 15 is 0 Å². The largest absolute Gasteiger partial charge is 0.446 e. The lowest BCUT2D eigenvalue weighted by Gasteiger charge is -2.31. The van der Waals surface area contributed by atoms with Gasteiger partial charge in [0.15, 0.2) is 11.3 Å². The summed E-state index contributed by atoms with van der Waals surface area (Å²) in [5.74, 6) is 0.416. The number of hydrogen-bond acceptors (Lipinski definition) is 7. The van der Waals surface area contributed by atoms with Gasteiger partial charge < -0.3 is 18.8 Å². The molecule has 5 rings (SSSR count). The molecule has 0 amide bonds. The van der Waals surface area contributed by atoms with Crippen LogP contribution in [0.2, 0.25) is 5.22 Å². The van der Waals surface area contributed by atoms with Gasteiger partial charge in [0.2, 0.25) is 0 Å². The van der Waals surface area contributed by atoms with Crippen molar-refractivity contribution >= 4 is 33.8 Å². The summed E-state index contributed by atoms with van der Waals surface area (Å²) in [6, 6.07) is 3.28. The second-order valence-electron chi connectivity index (χ2n) is 7.53. The average Bonchev–Trinajstić information content (AvgIpc) is 3.46. The highest BCUT2D eigenvalue weighted by Gasteiger charge is 2.38. The summed E-state index contributed by atoms with van der Waals surface area (Å²) < 4.78 is 16.2. The van der Waals surface area contributed by atoms with Crippen molar-refractivity contribution in [2.75, 3.05) is 6.61 Å².